The molecule has 1 fully saturated rings. The van der Waals surface area contributed by atoms with Crippen molar-refractivity contribution in [2.24, 2.45) is 5.92 Å². The van der Waals surface area contributed by atoms with Crippen molar-refractivity contribution in [2.75, 3.05) is 31.7 Å². The first-order chi connectivity index (χ1) is 8.90. The number of methoxy groups -OCH3 is 1. The predicted molar refractivity (Wildman–Crippen MR) is 66.4 cm³/mol. The maximum absolute atomic E-state index is 12.7. The molecule has 0 radical (unpaired) electrons. The van der Waals surface area contributed by atoms with E-state index in [-0.39, 0.29) is 11.0 Å². The number of aromatic nitrogens is 1. The van der Waals surface area contributed by atoms with Crippen molar-refractivity contribution in [3.05, 3.63) is 22.8 Å². The molecule has 1 aliphatic rings. The van der Waals surface area contributed by atoms with E-state index in [4.69, 9.17) is 16.3 Å². The predicted octanol–water partition coefficient (Wildman–Crippen LogP) is 3.23. The van der Waals surface area contributed by atoms with Gasteiger partial charge < -0.3 is 9.64 Å². The highest BCUT2D eigenvalue weighted by Crippen LogP contribution is 2.34. The van der Waals surface area contributed by atoms with Crippen LogP contribution in [0.2, 0.25) is 5.15 Å². The maximum Gasteiger partial charge on any atom is 0.416 e. The number of alkyl halides is 3. The second-order valence-corrected chi connectivity index (χ2v) is 4.98. The number of nitrogens with zero attached hydrogens (tertiary/aromatic N) is 2. The summed E-state index contributed by atoms with van der Waals surface area (Å²) in [5.74, 6) is 0.596. The minimum absolute atomic E-state index is 0.139. The molecule has 1 aromatic rings. The van der Waals surface area contributed by atoms with Crippen LogP contribution in [0.1, 0.15) is 12.0 Å². The van der Waals surface area contributed by atoms with Crippen LogP contribution in [0.4, 0.5) is 19.0 Å². The average Bonchev–Trinajstić information content (AvgIpc) is 2.76. The molecule has 1 aromatic heterocycles. The summed E-state index contributed by atoms with van der Waals surface area (Å²) >= 11 is 5.67. The molecular formula is C12H14ClF3N2O. The molecular weight excluding hydrogens is 281 g/mol. The summed E-state index contributed by atoms with van der Waals surface area (Å²) in [5.41, 5.74) is -0.766. The second-order valence-electron chi connectivity index (χ2n) is 4.59. The SMILES string of the molecule is COCC1CCN(c2cc(C(F)(F)F)cc(Cl)n2)C1. The lowest BCUT2D eigenvalue weighted by Gasteiger charge is -2.19. The summed E-state index contributed by atoms with van der Waals surface area (Å²) in [4.78, 5) is 5.78. The number of hydrogen-bond acceptors (Lipinski definition) is 3. The molecule has 1 aliphatic heterocycles. The lowest BCUT2D eigenvalue weighted by molar-refractivity contribution is -0.137. The minimum Gasteiger partial charge on any atom is -0.384 e. The summed E-state index contributed by atoms with van der Waals surface area (Å²) in [6.45, 7) is 1.90. The third-order valence-corrected chi connectivity index (χ3v) is 3.31. The van der Waals surface area contributed by atoms with Crippen molar-refractivity contribution in [1.82, 2.24) is 4.98 Å². The van der Waals surface area contributed by atoms with Gasteiger partial charge in [-0.25, -0.2) is 4.98 Å². The Morgan fingerprint density at radius 1 is 1.47 bits per heavy atom. The van der Waals surface area contributed by atoms with E-state index >= 15 is 0 Å². The first-order valence-corrected chi connectivity index (χ1v) is 6.26. The Hall–Kier alpha value is -1.01. The zero-order chi connectivity index (χ0) is 14.0. The van der Waals surface area contributed by atoms with Gasteiger partial charge in [0.05, 0.1) is 12.2 Å². The van der Waals surface area contributed by atoms with Gasteiger partial charge in [-0.15, -0.1) is 0 Å². The summed E-state index contributed by atoms with van der Waals surface area (Å²) in [7, 11) is 1.61. The highest BCUT2D eigenvalue weighted by molar-refractivity contribution is 6.29. The van der Waals surface area contributed by atoms with E-state index in [2.05, 4.69) is 4.98 Å². The fourth-order valence-electron chi connectivity index (χ4n) is 2.22. The van der Waals surface area contributed by atoms with E-state index in [9.17, 15) is 13.2 Å². The van der Waals surface area contributed by atoms with Crippen molar-refractivity contribution < 1.29 is 17.9 Å². The fourth-order valence-corrected chi connectivity index (χ4v) is 2.43. The largest absolute Gasteiger partial charge is 0.416 e. The van der Waals surface area contributed by atoms with Gasteiger partial charge in [-0.05, 0) is 18.6 Å². The molecule has 0 aliphatic carbocycles. The topological polar surface area (TPSA) is 25.4 Å². The van der Waals surface area contributed by atoms with Crippen molar-refractivity contribution in [1.29, 1.82) is 0 Å². The molecule has 0 spiro atoms. The van der Waals surface area contributed by atoms with Gasteiger partial charge in [0, 0.05) is 26.1 Å². The number of ether oxygens (including phenoxy) is 1. The number of halogens is 4. The molecule has 1 unspecified atom stereocenters. The first-order valence-electron chi connectivity index (χ1n) is 5.89. The Morgan fingerprint density at radius 3 is 2.84 bits per heavy atom. The normalized spacial score (nSPS) is 20.1. The van der Waals surface area contributed by atoms with Crippen LogP contribution < -0.4 is 4.90 Å². The van der Waals surface area contributed by atoms with E-state index in [1.165, 1.54) is 0 Å². The quantitative estimate of drug-likeness (QED) is 0.800. The summed E-state index contributed by atoms with van der Waals surface area (Å²) < 4.78 is 43.2. The van der Waals surface area contributed by atoms with Gasteiger partial charge in [0.2, 0.25) is 0 Å². The molecule has 0 aromatic carbocycles. The Labute approximate surface area is 114 Å². The monoisotopic (exact) mass is 294 g/mol. The molecule has 19 heavy (non-hydrogen) atoms. The van der Waals surface area contributed by atoms with E-state index < -0.39 is 11.7 Å². The molecule has 0 N–H and O–H groups in total. The first kappa shape index (κ1) is 14.4. The van der Waals surface area contributed by atoms with Crippen molar-refractivity contribution >= 4 is 17.4 Å². The van der Waals surface area contributed by atoms with E-state index in [1.807, 2.05) is 4.90 Å². The van der Waals surface area contributed by atoms with Crippen LogP contribution >= 0.6 is 11.6 Å². The Morgan fingerprint density at radius 2 is 2.21 bits per heavy atom. The molecule has 2 heterocycles. The lowest BCUT2D eigenvalue weighted by atomic mass is 10.1. The van der Waals surface area contributed by atoms with Crippen LogP contribution in [-0.2, 0) is 10.9 Å². The van der Waals surface area contributed by atoms with Crippen molar-refractivity contribution in [3.8, 4) is 0 Å². The number of rotatable bonds is 3. The Balaban J connectivity index is 2.19. The molecule has 0 saturated carbocycles. The highest BCUT2D eigenvalue weighted by Gasteiger charge is 2.33. The van der Waals surface area contributed by atoms with Gasteiger partial charge in [0.15, 0.2) is 0 Å². The second kappa shape index (κ2) is 5.54. The van der Waals surface area contributed by atoms with Crippen LogP contribution in [0.15, 0.2) is 12.1 Å². The third kappa shape index (κ3) is 3.51. The number of anilines is 1. The maximum atomic E-state index is 12.7. The van der Waals surface area contributed by atoms with Crippen LogP contribution in [0.3, 0.4) is 0 Å². The van der Waals surface area contributed by atoms with Crippen LogP contribution in [0, 0.1) is 5.92 Å². The van der Waals surface area contributed by atoms with E-state index in [0.29, 0.717) is 25.6 Å². The zero-order valence-corrected chi connectivity index (χ0v) is 11.1. The Kier molecular flexibility index (Phi) is 4.20. The Bertz CT molecular complexity index is 453. The lowest BCUT2D eigenvalue weighted by Crippen LogP contribution is -2.22. The highest BCUT2D eigenvalue weighted by atomic mass is 35.5. The standard InChI is InChI=1S/C12H14ClF3N2O/c1-19-7-8-2-3-18(6-8)11-5-9(12(14,15)16)4-10(13)17-11/h4-5,8H,2-3,6-7H2,1H3. The smallest absolute Gasteiger partial charge is 0.384 e. The van der Waals surface area contributed by atoms with Gasteiger partial charge in [-0.1, -0.05) is 11.6 Å². The summed E-state index contributed by atoms with van der Waals surface area (Å²) in [5, 5.41) is -0.139. The molecule has 0 amide bonds. The van der Waals surface area contributed by atoms with Gasteiger partial charge in [0.25, 0.3) is 0 Å². The van der Waals surface area contributed by atoms with Gasteiger partial charge in [-0.3, -0.25) is 0 Å². The van der Waals surface area contributed by atoms with Crippen LogP contribution in [-0.4, -0.2) is 31.8 Å². The van der Waals surface area contributed by atoms with Gasteiger partial charge >= 0.3 is 6.18 Å². The zero-order valence-electron chi connectivity index (χ0n) is 10.4. The van der Waals surface area contributed by atoms with Crippen LogP contribution in [0.25, 0.3) is 0 Å². The molecule has 3 nitrogen and oxygen atoms in total. The average molecular weight is 295 g/mol. The minimum atomic E-state index is -4.41. The van der Waals surface area contributed by atoms with Gasteiger partial charge in [0.1, 0.15) is 11.0 Å². The molecule has 2 rings (SSSR count). The van der Waals surface area contributed by atoms with E-state index in [0.717, 1.165) is 18.6 Å². The van der Waals surface area contributed by atoms with E-state index in [1.54, 1.807) is 7.11 Å². The number of pyridine rings is 1. The van der Waals surface area contributed by atoms with Crippen molar-refractivity contribution in [3.63, 3.8) is 0 Å². The van der Waals surface area contributed by atoms with Crippen molar-refractivity contribution in [2.45, 2.75) is 12.6 Å². The van der Waals surface area contributed by atoms with Gasteiger partial charge in [-0.2, -0.15) is 13.2 Å². The summed E-state index contributed by atoms with van der Waals surface area (Å²) in [6, 6.07) is 1.88. The summed E-state index contributed by atoms with van der Waals surface area (Å²) in [6.07, 6.45) is -3.53. The molecule has 106 valence electrons. The third-order valence-electron chi connectivity index (χ3n) is 3.12. The molecule has 0 bridgehead atoms. The fraction of sp³-hybridized carbons (Fsp3) is 0.583. The molecule has 7 heteroatoms. The number of hydrogen-bond donors (Lipinski definition) is 0. The molecule has 1 saturated heterocycles. The van der Waals surface area contributed by atoms with Crippen LogP contribution in [0.5, 0.6) is 0 Å². The molecule has 1 atom stereocenters.